The molecule has 3 heterocycles. The molecule has 0 aliphatic carbocycles. The third kappa shape index (κ3) is 3.35. The lowest BCUT2D eigenvalue weighted by atomic mass is 9.96. The van der Waals surface area contributed by atoms with Crippen LogP contribution in [-0.2, 0) is 14.8 Å². The van der Waals surface area contributed by atoms with E-state index in [-0.39, 0.29) is 22.5 Å². The van der Waals surface area contributed by atoms with E-state index in [0.29, 0.717) is 46.3 Å². The number of nitrogens with one attached hydrogen (secondary N) is 1. The molecule has 1 atom stereocenters. The molecule has 2 aliphatic rings. The molecule has 5 rings (SSSR count). The highest BCUT2D eigenvalue weighted by Crippen LogP contribution is 2.31. The van der Waals surface area contributed by atoms with Gasteiger partial charge in [0.15, 0.2) is 11.0 Å². The van der Waals surface area contributed by atoms with Crippen LogP contribution in [0.5, 0.6) is 0 Å². The van der Waals surface area contributed by atoms with E-state index in [4.69, 9.17) is 0 Å². The van der Waals surface area contributed by atoms with Crippen LogP contribution in [0.1, 0.15) is 18.4 Å². The monoisotopic (exact) mass is 444 g/mol. The number of hydrogen-bond donors (Lipinski definition) is 1. The molecule has 0 saturated carbocycles. The van der Waals surface area contributed by atoms with Crippen molar-refractivity contribution in [2.75, 3.05) is 18.4 Å². The van der Waals surface area contributed by atoms with Gasteiger partial charge in [-0.2, -0.15) is 8.42 Å². The summed E-state index contributed by atoms with van der Waals surface area (Å²) in [5.74, 6) is -0.465. The van der Waals surface area contributed by atoms with Crippen molar-refractivity contribution in [3.05, 3.63) is 53.8 Å². The van der Waals surface area contributed by atoms with Crippen LogP contribution in [-0.4, -0.2) is 43.1 Å². The van der Waals surface area contributed by atoms with Gasteiger partial charge in [-0.3, -0.25) is 4.79 Å². The standard InChI is InChI=1S/C20H17FN4O3S2/c21-13-7-8-15-16(10-13)29-20(22-15)23-19(26)12-4-3-9-25(11-12)18-14-5-1-2-6-17(14)30(27,28)24-18/h1-2,5-8,10,12H,3-4,9,11H2,(H,22,23,26). The Morgan fingerprint density at radius 2 is 2.07 bits per heavy atom. The summed E-state index contributed by atoms with van der Waals surface area (Å²) in [6, 6.07) is 11.0. The van der Waals surface area contributed by atoms with Crippen LogP contribution < -0.4 is 5.32 Å². The van der Waals surface area contributed by atoms with E-state index >= 15 is 0 Å². The Bertz CT molecular complexity index is 1300. The van der Waals surface area contributed by atoms with Gasteiger partial charge in [0.2, 0.25) is 5.91 Å². The highest BCUT2D eigenvalue weighted by Gasteiger charge is 2.35. The average Bonchev–Trinajstić information content (AvgIpc) is 3.25. The van der Waals surface area contributed by atoms with Crippen LogP contribution in [0.15, 0.2) is 51.8 Å². The summed E-state index contributed by atoms with van der Waals surface area (Å²) in [4.78, 5) is 19.2. The summed E-state index contributed by atoms with van der Waals surface area (Å²) in [6.07, 6.45) is 1.42. The number of aromatic nitrogens is 1. The van der Waals surface area contributed by atoms with E-state index in [1.807, 2.05) is 4.90 Å². The quantitative estimate of drug-likeness (QED) is 0.655. The minimum absolute atomic E-state index is 0.186. The first-order chi connectivity index (χ1) is 14.4. The van der Waals surface area contributed by atoms with Gasteiger partial charge in [0, 0.05) is 18.7 Å². The minimum Gasteiger partial charge on any atom is -0.355 e. The smallest absolute Gasteiger partial charge is 0.285 e. The van der Waals surface area contributed by atoms with Crippen LogP contribution >= 0.6 is 11.3 Å². The molecule has 3 aromatic rings. The molecule has 0 radical (unpaired) electrons. The summed E-state index contributed by atoms with van der Waals surface area (Å²) in [5, 5.41) is 3.25. The molecule has 1 N–H and O–H groups in total. The van der Waals surface area contributed by atoms with E-state index < -0.39 is 10.0 Å². The van der Waals surface area contributed by atoms with Gasteiger partial charge in [0.1, 0.15) is 10.7 Å². The predicted molar refractivity (Wildman–Crippen MR) is 113 cm³/mol. The van der Waals surface area contributed by atoms with E-state index in [0.717, 1.165) is 6.42 Å². The highest BCUT2D eigenvalue weighted by molar-refractivity contribution is 7.90. The minimum atomic E-state index is -3.70. The summed E-state index contributed by atoms with van der Waals surface area (Å²) < 4.78 is 42.7. The number of amidine groups is 1. The third-order valence-corrected chi connectivity index (χ3v) is 7.54. The molecule has 2 aliphatic heterocycles. The molecule has 2 aromatic carbocycles. The van der Waals surface area contributed by atoms with Crippen LogP contribution in [0, 0.1) is 11.7 Å². The van der Waals surface area contributed by atoms with E-state index in [1.54, 1.807) is 30.3 Å². The zero-order valence-corrected chi connectivity index (χ0v) is 17.3. The Labute approximate surface area is 176 Å². The van der Waals surface area contributed by atoms with Crippen LogP contribution in [0.25, 0.3) is 10.2 Å². The van der Waals surface area contributed by atoms with Crippen molar-refractivity contribution in [3.63, 3.8) is 0 Å². The van der Waals surface area contributed by atoms with Gasteiger partial charge in [-0.1, -0.05) is 23.5 Å². The number of anilines is 1. The Kier molecular flexibility index (Phi) is 4.55. The van der Waals surface area contributed by atoms with Crippen molar-refractivity contribution >= 4 is 48.5 Å². The summed E-state index contributed by atoms with van der Waals surface area (Å²) >= 11 is 1.22. The number of carbonyl (C=O) groups excluding carboxylic acids is 1. The second kappa shape index (κ2) is 7.13. The summed E-state index contributed by atoms with van der Waals surface area (Å²) in [7, 11) is -3.70. The summed E-state index contributed by atoms with van der Waals surface area (Å²) in [5.41, 5.74) is 1.20. The molecule has 1 fully saturated rings. The topological polar surface area (TPSA) is 91.7 Å². The number of likely N-dealkylation sites (tertiary alicyclic amines) is 1. The predicted octanol–water partition coefficient (Wildman–Crippen LogP) is 3.24. The van der Waals surface area contributed by atoms with E-state index in [2.05, 4.69) is 14.7 Å². The zero-order valence-electron chi connectivity index (χ0n) is 15.7. The van der Waals surface area contributed by atoms with Gasteiger partial charge in [-0.15, -0.1) is 4.40 Å². The molecule has 1 unspecified atom stereocenters. The van der Waals surface area contributed by atoms with Crippen molar-refractivity contribution in [1.82, 2.24) is 9.88 Å². The average molecular weight is 445 g/mol. The molecule has 30 heavy (non-hydrogen) atoms. The fraction of sp³-hybridized carbons (Fsp3) is 0.250. The normalized spacial score (nSPS) is 20.1. The molecule has 10 heteroatoms. The Balaban J connectivity index is 1.35. The molecular formula is C20H17FN4O3S2. The van der Waals surface area contributed by atoms with Gasteiger partial charge in [0.25, 0.3) is 10.0 Å². The molecule has 1 saturated heterocycles. The van der Waals surface area contributed by atoms with Crippen molar-refractivity contribution in [3.8, 4) is 0 Å². The highest BCUT2D eigenvalue weighted by atomic mass is 32.2. The maximum absolute atomic E-state index is 13.4. The lowest BCUT2D eigenvalue weighted by Crippen LogP contribution is -2.43. The maximum atomic E-state index is 13.4. The Hall–Kier alpha value is -2.85. The number of nitrogens with zero attached hydrogens (tertiary/aromatic N) is 3. The van der Waals surface area contributed by atoms with Gasteiger partial charge in [-0.25, -0.2) is 9.37 Å². The molecule has 1 aromatic heterocycles. The van der Waals surface area contributed by atoms with E-state index in [9.17, 15) is 17.6 Å². The number of benzene rings is 2. The van der Waals surface area contributed by atoms with Gasteiger partial charge >= 0.3 is 0 Å². The number of amides is 1. The first kappa shape index (κ1) is 19.1. The lowest BCUT2D eigenvalue weighted by Gasteiger charge is -2.33. The number of halogens is 1. The van der Waals surface area contributed by atoms with Gasteiger partial charge < -0.3 is 10.2 Å². The fourth-order valence-corrected chi connectivity index (χ4v) is 5.98. The number of thiazole rings is 1. The first-order valence-electron chi connectivity index (χ1n) is 9.47. The second-order valence-electron chi connectivity index (χ2n) is 7.29. The molecule has 0 bridgehead atoms. The van der Waals surface area contributed by atoms with Crippen molar-refractivity contribution in [2.45, 2.75) is 17.7 Å². The number of carbonyl (C=O) groups is 1. The number of fused-ring (bicyclic) bond motifs is 2. The van der Waals surface area contributed by atoms with Gasteiger partial charge in [0.05, 0.1) is 16.1 Å². The number of sulfonamides is 1. The van der Waals surface area contributed by atoms with Crippen LogP contribution in [0.2, 0.25) is 0 Å². The second-order valence-corrected chi connectivity index (χ2v) is 9.89. The largest absolute Gasteiger partial charge is 0.355 e. The van der Waals surface area contributed by atoms with E-state index in [1.165, 1.54) is 23.5 Å². The molecule has 154 valence electrons. The SMILES string of the molecule is O=C(Nc1nc2ccc(F)cc2s1)C1CCCN(C2=NS(=O)(=O)c3ccccc32)C1. The zero-order chi connectivity index (χ0) is 20.9. The third-order valence-electron chi connectivity index (χ3n) is 5.28. The van der Waals surface area contributed by atoms with Crippen LogP contribution in [0.3, 0.4) is 0 Å². The van der Waals surface area contributed by atoms with Crippen molar-refractivity contribution in [2.24, 2.45) is 10.3 Å². The number of rotatable bonds is 2. The summed E-state index contributed by atoms with van der Waals surface area (Å²) in [6.45, 7) is 1.00. The molecule has 1 amide bonds. The number of hydrogen-bond acceptors (Lipinski definition) is 6. The molecule has 0 spiro atoms. The van der Waals surface area contributed by atoms with Crippen LogP contribution in [0.4, 0.5) is 9.52 Å². The molecular weight excluding hydrogens is 427 g/mol. The van der Waals surface area contributed by atoms with Gasteiger partial charge in [-0.05, 0) is 43.2 Å². The van der Waals surface area contributed by atoms with Crippen molar-refractivity contribution < 1.29 is 17.6 Å². The maximum Gasteiger partial charge on any atom is 0.285 e. The fourth-order valence-electron chi connectivity index (χ4n) is 3.86. The number of piperidine rings is 1. The first-order valence-corrected chi connectivity index (χ1v) is 11.7. The van der Waals surface area contributed by atoms with Crippen molar-refractivity contribution in [1.29, 1.82) is 0 Å². The Morgan fingerprint density at radius 3 is 2.93 bits per heavy atom. The Morgan fingerprint density at radius 1 is 1.23 bits per heavy atom. The molecule has 7 nitrogen and oxygen atoms in total. The lowest BCUT2D eigenvalue weighted by molar-refractivity contribution is -0.121.